The second kappa shape index (κ2) is 5.25. The number of aromatic nitrogens is 2. The normalized spacial score (nSPS) is 11.0. The number of carbonyl (C=O) groups excluding carboxylic acids is 1. The predicted octanol–water partition coefficient (Wildman–Crippen LogP) is 0.550. The van der Waals surface area contributed by atoms with E-state index in [9.17, 15) is 18.8 Å². The molecular weight excluding hydrogens is 257 g/mol. The Balaban J connectivity index is 2.16. The summed E-state index contributed by atoms with van der Waals surface area (Å²) in [6.07, 6.45) is 3.43. The Hall–Kier alpha value is -2.77. The van der Waals surface area contributed by atoms with Crippen LogP contribution in [0.4, 0.5) is 9.18 Å². The zero-order chi connectivity index (χ0) is 13.8. The third-order valence-corrected chi connectivity index (χ3v) is 2.18. The third-order valence-electron chi connectivity index (χ3n) is 2.18. The van der Waals surface area contributed by atoms with E-state index in [-0.39, 0.29) is 6.42 Å². The molecular formula is C11H8FN3O4. The predicted molar refractivity (Wildman–Crippen MR) is 63.0 cm³/mol. The molecule has 19 heavy (non-hydrogen) atoms. The maximum Gasteiger partial charge on any atom is 0.355 e. The number of nitrogens with zero attached hydrogens (tertiary/aromatic N) is 2. The van der Waals surface area contributed by atoms with Crippen LogP contribution >= 0.6 is 0 Å². The zero-order valence-corrected chi connectivity index (χ0v) is 9.50. The molecule has 0 aliphatic rings. The van der Waals surface area contributed by atoms with Gasteiger partial charge >= 0.3 is 11.7 Å². The van der Waals surface area contributed by atoms with E-state index in [1.807, 2.05) is 0 Å². The molecule has 0 saturated heterocycles. The Labute approximate surface area is 105 Å². The van der Waals surface area contributed by atoms with E-state index < -0.39 is 23.1 Å². The van der Waals surface area contributed by atoms with Crippen LogP contribution in [0.5, 0.6) is 0 Å². The van der Waals surface area contributed by atoms with Crippen LogP contribution in [0.25, 0.3) is 0 Å². The van der Waals surface area contributed by atoms with Gasteiger partial charge in [0.25, 0.3) is 5.56 Å². The van der Waals surface area contributed by atoms with Crippen molar-refractivity contribution >= 4 is 12.2 Å². The molecule has 7 nitrogen and oxygen atoms in total. The van der Waals surface area contributed by atoms with E-state index in [4.69, 9.17) is 4.42 Å². The Morgan fingerprint density at radius 2 is 2.32 bits per heavy atom. The number of hydrogen-bond acceptors (Lipinski definition) is 4. The number of aliphatic imine (C=N–C) groups is 1. The van der Waals surface area contributed by atoms with E-state index in [0.29, 0.717) is 16.5 Å². The molecule has 0 aliphatic heterocycles. The van der Waals surface area contributed by atoms with Crippen molar-refractivity contribution in [1.29, 1.82) is 0 Å². The second-order valence-corrected chi connectivity index (χ2v) is 3.48. The molecule has 0 radical (unpaired) electrons. The van der Waals surface area contributed by atoms with Crippen molar-refractivity contribution in [1.82, 2.24) is 9.55 Å². The smallest absolute Gasteiger partial charge is 0.355 e. The second-order valence-electron chi connectivity index (χ2n) is 3.48. The number of furan rings is 1. The maximum atomic E-state index is 12.9. The summed E-state index contributed by atoms with van der Waals surface area (Å²) in [5.74, 6) is -0.661. The van der Waals surface area contributed by atoms with Crippen LogP contribution in [-0.2, 0) is 6.42 Å². The number of nitrogens with one attached hydrogen (secondary N) is 1. The van der Waals surface area contributed by atoms with Crippen molar-refractivity contribution in [2.24, 2.45) is 4.99 Å². The van der Waals surface area contributed by atoms with Crippen LogP contribution in [0.3, 0.4) is 0 Å². The molecule has 8 heteroatoms. The summed E-state index contributed by atoms with van der Waals surface area (Å²) in [6, 6.07) is 2.35. The fraction of sp³-hybridized carbons (Fsp3) is 0.0909. The molecule has 0 aliphatic carbocycles. The lowest BCUT2D eigenvalue weighted by molar-refractivity contribution is 0.249. The van der Waals surface area contributed by atoms with Crippen LogP contribution in [0, 0.1) is 5.82 Å². The monoisotopic (exact) mass is 265 g/mol. The first-order valence-corrected chi connectivity index (χ1v) is 5.18. The SMILES string of the molecule is O=C(N=CCc1ccco1)n1cc(F)c(=O)[nH]c1=O. The Morgan fingerprint density at radius 3 is 3.00 bits per heavy atom. The van der Waals surface area contributed by atoms with Gasteiger partial charge in [0.05, 0.1) is 12.5 Å². The first-order chi connectivity index (χ1) is 9.08. The quantitative estimate of drug-likeness (QED) is 0.802. The van der Waals surface area contributed by atoms with Crippen LogP contribution in [-0.4, -0.2) is 21.8 Å². The number of hydrogen-bond donors (Lipinski definition) is 1. The lowest BCUT2D eigenvalue weighted by atomic mass is 10.3. The summed E-state index contributed by atoms with van der Waals surface area (Å²) in [5, 5.41) is 0. The van der Waals surface area contributed by atoms with Crippen molar-refractivity contribution < 1.29 is 13.6 Å². The Kier molecular flexibility index (Phi) is 3.51. The topological polar surface area (TPSA) is 97.4 Å². The van der Waals surface area contributed by atoms with Gasteiger partial charge in [-0.15, -0.1) is 0 Å². The molecule has 2 aromatic rings. The fourth-order valence-corrected chi connectivity index (χ4v) is 1.29. The lowest BCUT2D eigenvalue weighted by Crippen LogP contribution is -2.34. The molecule has 0 spiro atoms. The molecule has 0 atom stereocenters. The average molecular weight is 265 g/mol. The van der Waals surface area contributed by atoms with Gasteiger partial charge in [0.2, 0.25) is 5.82 Å². The van der Waals surface area contributed by atoms with Gasteiger partial charge in [0.1, 0.15) is 5.76 Å². The van der Waals surface area contributed by atoms with Crippen molar-refractivity contribution in [3.63, 3.8) is 0 Å². The number of halogens is 1. The van der Waals surface area contributed by atoms with E-state index >= 15 is 0 Å². The van der Waals surface area contributed by atoms with Gasteiger partial charge in [0.15, 0.2) is 0 Å². The van der Waals surface area contributed by atoms with Crippen LogP contribution in [0.1, 0.15) is 5.76 Å². The summed E-state index contributed by atoms with van der Waals surface area (Å²) in [6.45, 7) is 0. The van der Waals surface area contributed by atoms with Gasteiger partial charge < -0.3 is 4.42 Å². The molecule has 0 fully saturated rings. The van der Waals surface area contributed by atoms with E-state index in [0.717, 1.165) is 0 Å². The van der Waals surface area contributed by atoms with Gasteiger partial charge in [0, 0.05) is 12.6 Å². The highest BCUT2D eigenvalue weighted by Gasteiger charge is 2.09. The van der Waals surface area contributed by atoms with Crippen LogP contribution in [0.15, 0.2) is 43.6 Å². The summed E-state index contributed by atoms with van der Waals surface area (Å²) in [7, 11) is 0. The Bertz CT molecular complexity index is 727. The van der Waals surface area contributed by atoms with Gasteiger partial charge in [-0.3, -0.25) is 9.78 Å². The third kappa shape index (κ3) is 2.92. The molecule has 0 unspecified atom stereocenters. The van der Waals surface area contributed by atoms with Gasteiger partial charge in [-0.1, -0.05) is 0 Å². The van der Waals surface area contributed by atoms with E-state index in [1.54, 1.807) is 17.1 Å². The first-order valence-electron chi connectivity index (χ1n) is 5.18. The number of aromatic amines is 1. The molecule has 0 aromatic carbocycles. The minimum Gasteiger partial charge on any atom is -0.469 e. The highest BCUT2D eigenvalue weighted by atomic mass is 19.1. The average Bonchev–Trinajstić information content (AvgIpc) is 2.86. The standard InChI is InChI=1S/C11H8FN3O4/c12-8-6-15(11(18)14-9(8)16)10(17)13-4-3-7-2-1-5-19-7/h1-2,4-6H,3H2,(H,14,16,18). The molecule has 0 bridgehead atoms. The molecule has 1 N–H and O–H groups in total. The van der Waals surface area contributed by atoms with Crippen LogP contribution < -0.4 is 11.2 Å². The van der Waals surface area contributed by atoms with Crippen molar-refractivity contribution in [3.8, 4) is 0 Å². The van der Waals surface area contributed by atoms with E-state index in [1.165, 1.54) is 12.5 Å². The molecule has 2 rings (SSSR count). The van der Waals surface area contributed by atoms with Crippen molar-refractivity contribution in [2.75, 3.05) is 0 Å². The number of H-pyrrole nitrogens is 1. The highest BCUT2D eigenvalue weighted by Crippen LogP contribution is 1.99. The molecule has 2 aromatic heterocycles. The largest absolute Gasteiger partial charge is 0.469 e. The minimum atomic E-state index is -1.24. The highest BCUT2D eigenvalue weighted by molar-refractivity contribution is 5.85. The fourth-order valence-electron chi connectivity index (χ4n) is 1.29. The van der Waals surface area contributed by atoms with Gasteiger partial charge in [-0.2, -0.15) is 4.39 Å². The van der Waals surface area contributed by atoms with Crippen molar-refractivity contribution in [2.45, 2.75) is 6.42 Å². The van der Waals surface area contributed by atoms with E-state index in [2.05, 4.69) is 4.99 Å². The number of rotatable bonds is 2. The summed E-state index contributed by atoms with van der Waals surface area (Å²) >= 11 is 0. The molecule has 2 heterocycles. The minimum absolute atomic E-state index is 0.249. The van der Waals surface area contributed by atoms with Crippen molar-refractivity contribution in [3.05, 3.63) is 57.0 Å². The maximum absolute atomic E-state index is 12.9. The summed E-state index contributed by atoms with van der Waals surface area (Å²) < 4.78 is 18.3. The number of carbonyl (C=O) groups is 1. The first kappa shape index (κ1) is 12.7. The summed E-state index contributed by atoms with van der Waals surface area (Å²) in [4.78, 5) is 38.6. The Morgan fingerprint density at radius 1 is 1.53 bits per heavy atom. The van der Waals surface area contributed by atoms with Gasteiger partial charge in [-0.05, 0) is 12.1 Å². The lowest BCUT2D eigenvalue weighted by Gasteiger charge is -1.97. The number of amides is 1. The molecule has 1 amide bonds. The summed E-state index contributed by atoms with van der Waals surface area (Å²) in [5.41, 5.74) is -2.24. The molecule has 98 valence electrons. The zero-order valence-electron chi connectivity index (χ0n) is 9.50. The van der Waals surface area contributed by atoms with Gasteiger partial charge in [-0.25, -0.2) is 19.1 Å². The molecule has 0 saturated carbocycles. The van der Waals surface area contributed by atoms with Crippen LogP contribution in [0.2, 0.25) is 0 Å².